The fourth-order valence-electron chi connectivity index (χ4n) is 7.10. The van der Waals surface area contributed by atoms with Crippen LogP contribution in [0.2, 0.25) is 0 Å². The van der Waals surface area contributed by atoms with Gasteiger partial charge in [-0.25, -0.2) is 0 Å². The minimum Gasteiger partial charge on any atom is -0.462 e. The second kappa shape index (κ2) is 57.9. The lowest BCUT2D eigenvalue weighted by Gasteiger charge is -2.18. The second-order valence-electron chi connectivity index (χ2n) is 18.1. The summed E-state index contributed by atoms with van der Waals surface area (Å²) >= 11 is 0. The highest BCUT2D eigenvalue weighted by molar-refractivity contribution is 5.71. The van der Waals surface area contributed by atoms with Crippen LogP contribution >= 0.6 is 0 Å². The highest BCUT2D eigenvalue weighted by Gasteiger charge is 2.19. The van der Waals surface area contributed by atoms with Gasteiger partial charge < -0.3 is 14.2 Å². The molecule has 0 spiro atoms. The lowest BCUT2D eigenvalue weighted by atomic mass is 10.1. The van der Waals surface area contributed by atoms with Crippen molar-refractivity contribution in [3.63, 3.8) is 0 Å². The average molecular weight is 980 g/mol. The molecular formula is C65H102O6. The molecule has 0 N–H and O–H groups in total. The molecule has 0 bridgehead atoms. The lowest BCUT2D eigenvalue weighted by Crippen LogP contribution is -2.30. The molecule has 0 fully saturated rings. The van der Waals surface area contributed by atoms with Crippen molar-refractivity contribution in [3.8, 4) is 0 Å². The van der Waals surface area contributed by atoms with Gasteiger partial charge >= 0.3 is 17.9 Å². The van der Waals surface area contributed by atoms with Gasteiger partial charge in [-0.2, -0.15) is 0 Å². The molecule has 71 heavy (non-hydrogen) atoms. The van der Waals surface area contributed by atoms with Crippen LogP contribution in [-0.4, -0.2) is 37.2 Å². The van der Waals surface area contributed by atoms with E-state index in [2.05, 4.69) is 167 Å². The van der Waals surface area contributed by atoms with E-state index in [0.29, 0.717) is 25.7 Å². The van der Waals surface area contributed by atoms with Crippen molar-refractivity contribution < 1.29 is 28.6 Å². The molecule has 0 aromatic heterocycles. The van der Waals surface area contributed by atoms with Gasteiger partial charge in [0.05, 0.1) is 0 Å². The van der Waals surface area contributed by atoms with Crippen molar-refractivity contribution in [2.45, 2.75) is 232 Å². The van der Waals surface area contributed by atoms with Crippen molar-refractivity contribution in [3.05, 3.63) is 146 Å². The van der Waals surface area contributed by atoms with E-state index in [9.17, 15) is 14.4 Å². The van der Waals surface area contributed by atoms with E-state index in [-0.39, 0.29) is 31.1 Å². The van der Waals surface area contributed by atoms with Crippen molar-refractivity contribution in [1.29, 1.82) is 0 Å². The molecule has 0 aromatic rings. The molecule has 0 saturated carbocycles. The van der Waals surface area contributed by atoms with Crippen molar-refractivity contribution >= 4 is 17.9 Å². The number of unbranched alkanes of at least 4 members (excludes halogenated alkanes) is 14. The summed E-state index contributed by atoms with van der Waals surface area (Å²) in [5.74, 6) is -0.990. The molecular weight excluding hydrogens is 877 g/mol. The highest BCUT2D eigenvalue weighted by atomic mass is 16.6. The fraction of sp³-hybridized carbons (Fsp3) is 0.585. The maximum absolute atomic E-state index is 12.8. The maximum atomic E-state index is 12.8. The van der Waals surface area contributed by atoms with Crippen molar-refractivity contribution in [1.82, 2.24) is 0 Å². The number of carbonyl (C=O) groups is 3. The molecule has 6 nitrogen and oxygen atoms in total. The predicted molar refractivity (Wildman–Crippen MR) is 306 cm³/mol. The van der Waals surface area contributed by atoms with Gasteiger partial charge in [0.1, 0.15) is 13.2 Å². The topological polar surface area (TPSA) is 78.9 Å². The molecule has 0 aliphatic carbocycles. The molecule has 0 saturated heterocycles. The first-order valence-corrected chi connectivity index (χ1v) is 28.3. The predicted octanol–water partition coefficient (Wildman–Crippen LogP) is 19.2. The Morgan fingerprint density at radius 3 is 0.901 bits per heavy atom. The summed E-state index contributed by atoms with van der Waals surface area (Å²) in [7, 11) is 0. The standard InChI is InChI=1S/C65H102O6/c1-4-7-10-13-16-19-22-24-26-27-28-29-30-31-32-33-34-35-36-37-39-40-43-46-49-52-55-58-64(67)70-61-62(60-69-63(66)57-54-51-48-45-42-21-18-15-12-9-6-3)71-65(68)59-56-53-50-47-44-41-38-25-23-20-17-14-11-8-5-2/h7-8,10-11,15-20,24-26,28-29,31-32,34-35,37-39,43,46,62H,4-6,9,12-14,21-23,27,30,33,36,40-42,44-45,47-61H2,1-3H3/b10-7-,11-8-,18-15-,19-16-,20-17-,26-24-,29-28-,32-31-,35-34-,38-25-,39-37-,46-43-. The van der Waals surface area contributed by atoms with E-state index in [1.165, 1.54) is 25.7 Å². The van der Waals surface area contributed by atoms with Crippen LogP contribution in [0, 0.1) is 0 Å². The van der Waals surface area contributed by atoms with Gasteiger partial charge in [0.25, 0.3) is 0 Å². The van der Waals surface area contributed by atoms with Gasteiger partial charge in [-0.15, -0.1) is 0 Å². The average Bonchev–Trinajstić information content (AvgIpc) is 3.37. The summed E-state index contributed by atoms with van der Waals surface area (Å²) in [4.78, 5) is 38.1. The summed E-state index contributed by atoms with van der Waals surface area (Å²) in [5.41, 5.74) is 0. The monoisotopic (exact) mass is 979 g/mol. The van der Waals surface area contributed by atoms with E-state index >= 15 is 0 Å². The van der Waals surface area contributed by atoms with Crippen LogP contribution in [-0.2, 0) is 28.6 Å². The largest absolute Gasteiger partial charge is 0.462 e. The third-order valence-electron chi connectivity index (χ3n) is 11.3. The SMILES string of the molecule is CC/C=C\C/C=C\C/C=C\C/C=C\C/C=C\C/C=C\C/C=C\C/C=C\CCCCC(=O)OCC(COC(=O)CCCCCCC/C=C\CCCC)OC(=O)CCCCCCC/C=C\C/C=C\C/C=C\CC. The Hall–Kier alpha value is -4.71. The third-order valence-corrected chi connectivity index (χ3v) is 11.3. The van der Waals surface area contributed by atoms with Gasteiger partial charge in [-0.1, -0.05) is 218 Å². The zero-order valence-electron chi connectivity index (χ0n) is 45.4. The number of esters is 3. The molecule has 1 atom stereocenters. The Balaban J connectivity index is 4.44. The molecule has 1 unspecified atom stereocenters. The van der Waals surface area contributed by atoms with Crippen LogP contribution in [0.3, 0.4) is 0 Å². The summed E-state index contributed by atoms with van der Waals surface area (Å²) < 4.78 is 16.8. The molecule has 0 rings (SSSR count). The van der Waals surface area contributed by atoms with E-state index in [1.54, 1.807) is 0 Å². The minimum atomic E-state index is -0.814. The maximum Gasteiger partial charge on any atom is 0.306 e. The van der Waals surface area contributed by atoms with Gasteiger partial charge in [0, 0.05) is 19.3 Å². The van der Waals surface area contributed by atoms with Crippen LogP contribution < -0.4 is 0 Å². The number of allylic oxidation sites excluding steroid dienone is 24. The van der Waals surface area contributed by atoms with Crippen LogP contribution in [0.4, 0.5) is 0 Å². The zero-order chi connectivity index (χ0) is 51.4. The van der Waals surface area contributed by atoms with Crippen LogP contribution in [0.1, 0.15) is 226 Å². The summed E-state index contributed by atoms with van der Waals surface area (Å²) in [6.07, 6.45) is 82.7. The molecule has 0 radical (unpaired) electrons. The normalized spacial score (nSPS) is 13.2. The Kier molecular flexibility index (Phi) is 54.0. The first-order valence-electron chi connectivity index (χ1n) is 28.3. The number of hydrogen-bond donors (Lipinski definition) is 0. The Morgan fingerprint density at radius 2 is 0.549 bits per heavy atom. The van der Waals surface area contributed by atoms with Gasteiger partial charge in [0.15, 0.2) is 6.10 Å². The fourth-order valence-corrected chi connectivity index (χ4v) is 7.10. The Morgan fingerprint density at radius 1 is 0.296 bits per heavy atom. The highest BCUT2D eigenvalue weighted by Crippen LogP contribution is 2.13. The van der Waals surface area contributed by atoms with E-state index in [1.807, 2.05) is 0 Å². The second-order valence-corrected chi connectivity index (χ2v) is 18.1. The lowest BCUT2D eigenvalue weighted by molar-refractivity contribution is -0.167. The number of hydrogen-bond acceptors (Lipinski definition) is 6. The van der Waals surface area contributed by atoms with Crippen LogP contribution in [0.5, 0.6) is 0 Å². The molecule has 0 amide bonds. The van der Waals surface area contributed by atoms with Gasteiger partial charge in [-0.05, 0) is 135 Å². The van der Waals surface area contributed by atoms with E-state index < -0.39 is 6.10 Å². The van der Waals surface area contributed by atoms with E-state index in [4.69, 9.17) is 14.2 Å². The van der Waals surface area contributed by atoms with Crippen LogP contribution in [0.25, 0.3) is 0 Å². The Bertz CT molecular complexity index is 1590. The number of carbonyl (C=O) groups excluding carboxylic acids is 3. The Labute approximate surface area is 436 Å². The third kappa shape index (κ3) is 56.1. The van der Waals surface area contributed by atoms with Crippen molar-refractivity contribution in [2.75, 3.05) is 13.2 Å². The van der Waals surface area contributed by atoms with Crippen molar-refractivity contribution in [2.24, 2.45) is 0 Å². The van der Waals surface area contributed by atoms with Crippen LogP contribution in [0.15, 0.2) is 146 Å². The van der Waals surface area contributed by atoms with Gasteiger partial charge in [-0.3, -0.25) is 14.4 Å². The molecule has 398 valence electrons. The summed E-state index contributed by atoms with van der Waals surface area (Å²) in [6, 6.07) is 0. The molecule has 0 aliphatic heterocycles. The molecule has 0 heterocycles. The molecule has 0 aliphatic rings. The first-order chi connectivity index (χ1) is 35.0. The molecule has 0 aromatic carbocycles. The minimum absolute atomic E-state index is 0.109. The number of ether oxygens (including phenoxy) is 3. The number of rotatable bonds is 49. The van der Waals surface area contributed by atoms with Gasteiger partial charge in [0.2, 0.25) is 0 Å². The molecule has 6 heteroatoms. The quantitative estimate of drug-likeness (QED) is 0.0262. The van der Waals surface area contributed by atoms with E-state index in [0.717, 1.165) is 154 Å². The smallest absolute Gasteiger partial charge is 0.306 e. The summed E-state index contributed by atoms with van der Waals surface area (Å²) in [5, 5.41) is 0. The summed E-state index contributed by atoms with van der Waals surface area (Å²) in [6.45, 7) is 6.30. The zero-order valence-corrected chi connectivity index (χ0v) is 45.4. The first kappa shape index (κ1) is 66.3.